The molecule has 1 aliphatic heterocycles. The van der Waals surface area contributed by atoms with Gasteiger partial charge in [0.05, 0.1) is 10.0 Å². The second-order valence-electron chi connectivity index (χ2n) is 5.38. The van der Waals surface area contributed by atoms with E-state index >= 15 is 0 Å². The van der Waals surface area contributed by atoms with Gasteiger partial charge in [-0.2, -0.15) is 0 Å². The average molecular weight is 357 g/mol. The number of carbonyl (C=O) groups is 1. The zero-order valence-corrected chi connectivity index (χ0v) is 13.5. The van der Waals surface area contributed by atoms with Crippen LogP contribution in [0.5, 0.6) is 0 Å². The van der Waals surface area contributed by atoms with Gasteiger partial charge in [-0.05, 0) is 29.8 Å². The van der Waals surface area contributed by atoms with E-state index in [0.29, 0.717) is 26.2 Å². The Labute approximate surface area is 131 Å². The van der Waals surface area contributed by atoms with Crippen LogP contribution in [-0.4, -0.2) is 51.2 Å². The second-order valence-corrected chi connectivity index (χ2v) is 7.37. The van der Waals surface area contributed by atoms with E-state index in [4.69, 9.17) is 0 Å². The summed E-state index contributed by atoms with van der Waals surface area (Å²) in [7, 11) is 0. The smallest absolute Gasteiger partial charge is 0.363 e. The number of carbonyl (C=O) groups excluding carboxylic acids is 1. The summed E-state index contributed by atoms with van der Waals surface area (Å²) in [5.41, 5.74) is 0.839. The van der Waals surface area contributed by atoms with Gasteiger partial charge < -0.3 is 19.9 Å². The highest BCUT2D eigenvalue weighted by atomic mass is 79.9. The third kappa shape index (κ3) is 3.69. The Hall–Kier alpha value is -1.70. The van der Waals surface area contributed by atoms with Gasteiger partial charge in [-0.25, -0.2) is 0 Å². The van der Waals surface area contributed by atoms with Crippen LogP contribution >= 0.6 is 15.9 Å². The number of amides is 1. The molecule has 21 heavy (non-hydrogen) atoms. The zero-order valence-electron chi connectivity index (χ0n) is 12.0. The van der Waals surface area contributed by atoms with Gasteiger partial charge in [-0.3, -0.25) is 4.79 Å². The molecule has 0 aliphatic carbocycles. The summed E-state index contributed by atoms with van der Waals surface area (Å²) in [6, 6.07) is 3.09. The Balaban J connectivity index is 1.98. The summed E-state index contributed by atoms with van der Waals surface area (Å²) in [5.74, 6) is -0.0856. The van der Waals surface area contributed by atoms with Crippen LogP contribution < -0.4 is 4.90 Å². The zero-order chi connectivity index (χ0) is 15.6. The van der Waals surface area contributed by atoms with E-state index < -0.39 is 9.25 Å². The predicted molar refractivity (Wildman–Crippen MR) is 82.7 cm³/mol. The van der Waals surface area contributed by atoms with Crippen molar-refractivity contribution in [3.8, 4) is 0 Å². The van der Waals surface area contributed by atoms with E-state index in [1.807, 2.05) is 18.7 Å². The number of hydrogen-bond donors (Lipinski definition) is 0. The topological polar surface area (TPSA) is 79.6 Å². The molecule has 1 aromatic heterocycles. The highest BCUT2D eigenvalue weighted by Gasteiger charge is 2.31. The van der Waals surface area contributed by atoms with Gasteiger partial charge in [0.2, 0.25) is 5.91 Å². The van der Waals surface area contributed by atoms with Gasteiger partial charge in [-0.15, -0.1) is 0 Å². The number of nitrogens with zero attached hydrogens (tertiary/aromatic N) is 4. The van der Waals surface area contributed by atoms with Crippen LogP contribution in [0, 0.1) is 10.1 Å². The molecule has 0 unspecified atom stereocenters. The van der Waals surface area contributed by atoms with Crippen molar-refractivity contribution < 1.29 is 9.72 Å². The first-order chi connectivity index (χ1) is 9.79. The molecule has 0 atom stereocenters. The number of pyridine rings is 1. The van der Waals surface area contributed by atoms with Crippen LogP contribution in [0.2, 0.25) is 0 Å². The van der Waals surface area contributed by atoms with Gasteiger partial charge in [0, 0.05) is 32.2 Å². The normalized spacial score (nSPS) is 16.0. The summed E-state index contributed by atoms with van der Waals surface area (Å²) in [6.07, 6.45) is 1.50. The summed E-state index contributed by atoms with van der Waals surface area (Å²) in [5, 5.41) is 10.6. The van der Waals surface area contributed by atoms with E-state index in [-0.39, 0.29) is 11.7 Å². The maximum absolute atomic E-state index is 12.2. The van der Waals surface area contributed by atoms with E-state index in [1.165, 1.54) is 12.3 Å². The van der Waals surface area contributed by atoms with Crippen molar-refractivity contribution in [3.63, 3.8) is 0 Å². The Kier molecular flexibility index (Phi) is 4.46. The SMILES string of the molecule is CC(C)(Br)C(=O)N1CCN(c2ccc([N+](=O)[O-])nc2)CC1. The summed E-state index contributed by atoms with van der Waals surface area (Å²) in [4.78, 5) is 29.9. The highest BCUT2D eigenvalue weighted by molar-refractivity contribution is 9.10. The molecule has 0 spiro atoms. The minimum Gasteiger partial charge on any atom is -0.365 e. The van der Waals surface area contributed by atoms with Crippen LogP contribution in [0.15, 0.2) is 18.3 Å². The van der Waals surface area contributed by atoms with Gasteiger partial charge in [0.25, 0.3) is 0 Å². The van der Waals surface area contributed by atoms with Crippen molar-refractivity contribution >= 4 is 33.3 Å². The first kappa shape index (κ1) is 15.7. The molecule has 0 saturated carbocycles. The molecule has 0 radical (unpaired) electrons. The van der Waals surface area contributed by atoms with Crippen LogP contribution in [0.4, 0.5) is 11.5 Å². The third-order valence-corrected chi connectivity index (χ3v) is 3.70. The minimum absolute atomic E-state index is 0.0731. The maximum Gasteiger partial charge on any atom is 0.363 e. The predicted octanol–water partition coefficient (Wildman–Crippen LogP) is 1.81. The van der Waals surface area contributed by atoms with Crippen molar-refractivity contribution in [3.05, 3.63) is 28.4 Å². The quantitative estimate of drug-likeness (QED) is 0.468. The molecular formula is C13H17BrN4O3. The monoisotopic (exact) mass is 356 g/mol. The van der Waals surface area contributed by atoms with Crippen molar-refractivity contribution in [2.45, 2.75) is 18.2 Å². The largest absolute Gasteiger partial charge is 0.365 e. The molecule has 114 valence electrons. The number of anilines is 1. The van der Waals surface area contributed by atoms with Gasteiger partial charge >= 0.3 is 5.82 Å². The number of rotatable bonds is 3. The van der Waals surface area contributed by atoms with Crippen LogP contribution in [0.1, 0.15) is 13.8 Å². The lowest BCUT2D eigenvalue weighted by Gasteiger charge is -2.37. The number of halogens is 1. The number of aromatic nitrogens is 1. The molecule has 0 N–H and O–H groups in total. The second kappa shape index (κ2) is 5.97. The van der Waals surface area contributed by atoms with Gasteiger partial charge in [0.15, 0.2) is 6.20 Å². The number of alkyl halides is 1. The van der Waals surface area contributed by atoms with Crippen LogP contribution in [0.25, 0.3) is 0 Å². The van der Waals surface area contributed by atoms with Crippen molar-refractivity contribution in [2.75, 3.05) is 31.1 Å². The molecule has 2 rings (SSSR count). The molecule has 1 fully saturated rings. The summed E-state index contributed by atoms with van der Waals surface area (Å²) in [6.45, 7) is 6.31. The molecule has 7 nitrogen and oxygen atoms in total. The number of piperazine rings is 1. The van der Waals surface area contributed by atoms with Crippen LogP contribution in [0.3, 0.4) is 0 Å². The van der Waals surface area contributed by atoms with E-state index in [0.717, 1.165) is 5.69 Å². The number of nitro groups is 1. The molecule has 8 heteroatoms. The van der Waals surface area contributed by atoms with Crippen LogP contribution in [-0.2, 0) is 4.79 Å². The van der Waals surface area contributed by atoms with E-state index in [9.17, 15) is 14.9 Å². The fourth-order valence-electron chi connectivity index (χ4n) is 2.22. The van der Waals surface area contributed by atoms with E-state index in [1.54, 1.807) is 6.07 Å². The molecule has 1 amide bonds. The highest BCUT2D eigenvalue weighted by Crippen LogP contribution is 2.22. The lowest BCUT2D eigenvalue weighted by Crippen LogP contribution is -2.52. The standard InChI is InChI=1S/C13H17BrN4O3/c1-13(2,14)12(19)17-7-5-16(6-8-17)10-3-4-11(15-9-10)18(20)21/h3-4,9H,5-8H2,1-2H3. The molecule has 1 saturated heterocycles. The lowest BCUT2D eigenvalue weighted by atomic mass is 10.1. The first-order valence-electron chi connectivity index (χ1n) is 6.63. The third-order valence-electron chi connectivity index (χ3n) is 3.36. The fourth-order valence-corrected chi connectivity index (χ4v) is 2.47. The molecule has 2 heterocycles. The minimum atomic E-state index is -0.552. The molecule has 0 aromatic carbocycles. The summed E-state index contributed by atoms with van der Waals surface area (Å²) >= 11 is 3.38. The molecule has 0 bridgehead atoms. The maximum atomic E-state index is 12.2. The Morgan fingerprint density at radius 1 is 1.33 bits per heavy atom. The molecule has 1 aromatic rings. The fraction of sp³-hybridized carbons (Fsp3) is 0.538. The van der Waals surface area contributed by atoms with Gasteiger partial charge in [-0.1, -0.05) is 15.9 Å². The lowest BCUT2D eigenvalue weighted by molar-refractivity contribution is -0.389. The Morgan fingerprint density at radius 2 is 1.95 bits per heavy atom. The Bertz CT molecular complexity index is 533. The van der Waals surface area contributed by atoms with Gasteiger partial charge in [0.1, 0.15) is 0 Å². The Morgan fingerprint density at radius 3 is 2.38 bits per heavy atom. The average Bonchev–Trinajstić information content (AvgIpc) is 2.46. The first-order valence-corrected chi connectivity index (χ1v) is 7.42. The van der Waals surface area contributed by atoms with E-state index in [2.05, 4.69) is 25.8 Å². The molecular weight excluding hydrogens is 340 g/mol. The summed E-state index contributed by atoms with van der Waals surface area (Å²) < 4.78 is -0.552. The number of hydrogen-bond acceptors (Lipinski definition) is 5. The van der Waals surface area contributed by atoms with Crippen molar-refractivity contribution in [2.24, 2.45) is 0 Å². The van der Waals surface area contributed by atoms with Crippen molar-refractivity contribution in [1.82, 2.24) is 9.88 Å². The molecule has 1 aliphatic rings. The van der Waals surface area contributed by atoms with Crippen molar-refractivity contribution in [1.29, 1.82) is 0 Å².